The molecule has 2 atom stereocenters. The van der Waals surface area contributed by atoms with Crippen LogP contribution in [0.5, 0.6) is 0 Å². The first kappa shape index (κ1) is 17.8. The Balaban J connectivity index is 1.64. The predicted molar refractivity (Wildman–Crippen MR) is 89.7 cm³/mol. The predicted octanol–water partition coefficient (Wildman–Crippen LogP) is 2.73. The zero-order chi connectivity index (χ0) is 19.2. The third-order valence-electron chi connectivity index (χ3n) is 4.72. The second-order valence-corrected chi connectivity index (χ2v) is 6.55. The minimum atomic E-state index is -4.45. The molecule has 1 aromatic heterocycles. The van der Waals surface area contributed by atoms with Crippen LogP contribution in [0.25, 0.3) is 5.70 Å². The number of hydrogen-bond donors (Lipinski definition) is 3. The summed E-state index contributed by atoms with van der Waals surface area (Å²) in [5, 5.41) is 23.9. The first-order valence-electron chi connectivity index (χ1n) is 8.31. The molecule has 2 saturated carbocycles. The number of ether oxygens (including phenoxy) is 1. The second-order valence-electron chi connectivity index (χ2n) is 6.55. The lowest BCUT2D eigenvalue weighted by molar-refractivity contribution is -0.137. The molecule has 2 unspecified atom stereocenters. The highest BCUT2D eigenvalue weighted by atomic mass is 19.4. The lowest BCUT2D eigenvalue weighted by Crippen LogP contribution is -2.12. The number of fused-ring (bicyclic) bond motifs is 1. The zero-order valence-electron chi connectivity index (χ0n) is 14.3. The Bertz CT molecular complexity index is 896. The standard InChI is InChI=1S/C17H17F3N4O3/c1-26-6-5-21-15-14(23-27-24-15)13(12-11-8-16(11,12)25)22-10-4-2-3-9(7-10)17(18,19)20/h2-4,7,11,22,25H,5-6,8H2,1H3,(H,21,24)/b13-12+. The van der Waals surface area contributed by atoms with Crippen LogP contribution >= 0.6 is 0 Å². The van der Waals surface area contributed by atoms with E-state index in [0.717, 1.165) is 12.1 Å². The number of anilines is 2. The van der Waals surface area contributed by atoms with Gasteiger partial charge in [-0.3, -0.25) is 0 Å². The lowest BCUT2D eigenvalue weighted by atomic mass is 10.1. The Hall–Kier alpha value is -2.59. The van der Waals surface area contributed by atoms with Gasteiger partial charge >= 0.3 is 6.18 Å². The molecule has 2 aromatic rings. The summed E-state index contributed by atoms with van der Waals surface area (Å²) in [5.74, 6) is 0.318. The summed E-state index contributed by atoms with van der Waals surface area (Å²) in [7, 11) is 1.56. The molecule has 2 fully saturated rings. The Morgan fingerprint density at radius 3 is 2.81 bits per heavy atom. The van der Waals surface area contributed by atoms with Gasteiger partial charge in [0.25, 0.3) is 0 Å². The summed E-state index contributed by atoms with van der Waals surface area (Å²) < 4.78 is 48.7. The minimum Gasteiger partial charge on any atom is -0.385 e. The van der Waals surface area contributed by atoms with Gasteiger partial charge in [-0.15, -0.1) is 0 Å². The van der Waals surface area contributed by atoms with Crippen LogP contribution in [0.2, 0.25) is 0 Å². The van der Waals surface area contributed by atoms with Crippen LogP contribution in [0.3, 0.4) is 0 Å². The molecule has 2 aliphatic rings. The van der Waals surface area contributed by atoms with Gasteiger partial charge in [0.15, 0.2) is 5.69 Å². The molecule has 0 spiro atoms. The maximum atomic E-state index is 13.0. The fourth-order valence-electron chi connectivity index (χ4n) is 3.07. The average Bonchev–Trinajstić information content (AvgIpc) is 3.34. The van der Waals surface area contributed by atoms with Crippen molar-refractivity contribution in [1.29, 1.82) is 0 Å². The highest BCUT2D eigenvalue weighted by Crippen LogP contribution is 2.73. The SMILES string of the molecule is COCCNc1nonc1/C(Nc1cccc(C(F)(F)F)c1)=C1/C2CC12O. The highest BCUT2D eigenvalue weighted by molar-refractivity contribution is 5.88. The van der Waals surface area contributed by atoms with E-state index in [2.05, 4.69) is 20.9 Å². The Kier molecular flexibility index (Phi) is 4.11. The number of hydrogen-bond acceptors (Lipinski definition) is 7. The molecule has 0 bridgehead atoms. The van der Waals surface area contributed by atoms with E-state index in [1.807, 2.05) is 0 Å². The van der Waals surface area contributed by atoms with E-state index in [0.29, 0.717) is 42.4 Å². The van der Waals surface area contributed by atoms with Crippen molar-refractivity contribution in [2.45, 2.75) is 18.2 Å². The minimum absolute atomic E-state index is 0.00526. The Morgan fingerprint density at radius 1 is 1.41 bits per heavy atom. The molecule has 0 amide bonds. The molecular formula is C17H17F3N4O3. The van der Waals surface area contributed by atoms with E-state index in [4.69, 9.17) is 9.37 Å². The highest BCUT2D eigenvalue weighted by Gasteiger charge is 2.76. The number of rotatable bonds is 7. The van der Waals surface area contributed by atoms with Crippen molar-refractivity contribution in [2.24, 2.45) is 5.92 Å². The van der Waals surface area contributed by atoms with Crippen LogP contribution in [0.15, 0.2) is 34.5 Å². The maximum Gasteiger partial charge on any atom is 0.416 e. The average molecular weight is 382 g/mol. The van der Waals surface area contributed by atoms with Gasteiger partial charge in [0, 0.05) is 25.3 Å². The molecule has 27 heavy (non-hydrogen) atoms. The number of benzene rings is 1. The number of methoxy groups -OCH3 is 1. The number of aromatic nitrogens is 2. The molecule has 0 aliphatic heterocycles. The van der Waals surface area contributed by atoms with Crippen molar-refractivity contribution < 1.29 is 27.6 Å². The summed E-state index contributed by atoms with van der Waals surface area (Å²) in [6.45, 7) is 0.864. The summed E-state index contributed by atoms with van der Waals surface area (Å²) in [6.07, 6.45) is -3.82. The van der Waals surface area contributed by atoms with Crippen LogP contribution in [-0.4, -0.2) is 41.3 Å². The van der Waals surface area contributed by atoms with E-state index in [9.17, 15) is 18.3 Å². The fraction of sp³-hybridized carbons (Fsp3) is 0.412. The van der Waals surface area contributed by atoms with Crippen LogP contribution < -0.4 is 10.6 Å². The van der Waals surface area contributed by atoms with E-state index < -0.39 is 17.3 Å². The second kappa shape index (κ2) is 6.24. The molecule has 0 radical (unpaired) electrons. The van der Waals surface area contributed by atoms with Crippen LogP contribution in [0.1, 0.15) is 17.7 Å². The van der Waals surface area contributed by atoms with Gasteiger partial charge in [-0.2, -0.15) is 13.2 Å². The van der Waals surface area contributed by atoms with Crippen LogP contribution in [-0.2, 0) is 10.9 Å². The van der Waals surface area contributed by atoms with E-state index in [-0.39, 0.29) is 11.6 Å². The summed E-state index contributed by atoms with van der Waals surface area (Å²) >= 11 is 0. The molecule has 3 N–H and O–H groups in total. The van der Waals surface area contributed by atoms with E-state index in [1.165, 1.54) is 12.1 Å². The quantitative estimate of drug-likeness (QED) is 0.634. The third-order valence-corrected chi connectivity index (χ3v) is 4.72. The monoisotopic (exact) mass is 382 g/mol. The number of nitrogens with one attached hydrogen (secondary N) is 2. The molecule has 0 saturated heterocycles. The smallest absolute Gasteiger partial charge is 0.385 e. The lowest BCUT2D eigenvalue weighted by Gasteiger charge is -2.14. The van der Waals surface area contributed by atoms with E-state index >= 15 is 0 Å². The van der Waals surface area contributed by atoms with Gasteiger partial charge in [0.2, 0.25) is 5.82 Å². The molecular weight excluding hydrogens is 365 g/mol. The van der Waals surface area contributed by atoms with Crippen LogP contribution in [0, 0.1) is 5.92 Å². The fourth-order valence-corrected chi connectivity index (χ4v) is 3.07. The van der Waals surface area contributed by atoms with Gasteiger partial charge in [-0.25, -0.2) is 4.63 Å². The number of halogens is 3. The largest absolute Gasteiger partial charge is 0.416 e. The molecule has 2 aliphatic carbocycles. The van der Waals surface area contributed by atoms with Crippen molar-refractivity contribution in [3.8, 4) is 0 Å². The van der Waals surface area contributed by atoms with E-state index in [1.54, 1.807) is 7.11 Å². The van der Waals surface area contributed by atoms with Crippen molar-refractivity contribution in [2.75, 3.05) is 30.9 Å². The van der Waals surface area contributed by atoms with Gasteiger partial charge in [0.05, 0.1) is 23.5 Å². The van der Waals surface area contributed by atoms with Gasteiger partial charge in [-0.05, 0) is 40.5 Å². The Labute approximate surface area is 152 Å². The van der Waals surface area contributed by atoms with Gasteiger partial charge < -0.3 is 20.5 Å². The van der Waals surface area contributed by atoms with Crippen molar-refractivity contribution >= 4 is 17.2 Å². The summed E-state index contributed by atoms with van der Waals surface area (Å²) in [4.78, 5) is 0. The topological polar surface area (TPSA) is 92.4 Å². The molecule has 10 heteroatoms. The first-order chi connectivity index (χ1) is 12.8. The Morgan fingerprint density at radius 2 is 2.19 bits per heavy atom. The first-order valence-corrected chi connectivity index (χ1v) is 8.31. The number of alkyl halides is 3. The molecule has 144 valence electrons. The molecule has 4 rings (SSSR count). The maximum absolute atomic E-state index is 13.0. The summed E-state index contributed by atoms with van der Waals surface area (Å²) in [5.41, 5.74) is -0.0210. The van der Waals surface area contributed by atoms with Crippen molar-refractivity contribution in [3.63, 3.8) is 0 Å². The number of nitrogens with zero attached hydrogens (tertiary/aromatic N) is 2. The van der Waals surface area contributed by atoms with Crippen molar-refractivity contribution in [1.82, 2.24) is 10.3 Å². The van der Waals surface area contributed by atoms with Crippen LogP contribution in [0.4, 0.5) is 24.7 Å². The number of aliphatic hydroxyl groups is 1. The third kappa shape index (κ3) is 3.26. The molecule has 1 heterocycles. The molecule has 1 aromatic carbocycles. The summed E-state index contributed by atoms with van der Waals surface area (Å²) in [6, 6.07) is 4.83. The van der Waals surface area contributed by atoms with Crippen molar-refractivity contribution in [3.05, 3.63) is 41.1 Å². The van der Waals surface area contributed by atoms with Gasteiger partial charge in [0.1, 0.15) is 0 Å². The zero-order valence-corrected chi connectivity index (χ0v) is 14.3. The molecule has 7 nitrogen and oxygen atoms in total. The van der Waals surface area contributed by atoms with Gasteiger partial charge in [-0.1, -0.05) is 6.07 Å². The normalized spacial score (nSPS) is 25.0.